The number of carbonyl (C=O) groups is 1. The van der Waals surface area contributed by atoms with Crippen LogP contribution < -0.4 is 0 Å². The molecule has 0 aliphatic carbocycles. The minimum Gasteiger partial charge on any atom is -0.477 e. The van der Waals surface area contributed by atoms with Gasteiger partial charge in [-0.2, -0.15) is 0 Å². The summed E-state index contributed by atoms with van der Waals surface area (Å²) < 4.78 is 1.75. The first-order valence-electron chi connectivity index (χ1n) is 5.63. The maximum absolute atomic E-state index is 11.3. The van der Waals surface area contributed by atoms with Crippen LogP contribution in [-0.2, 0) is 6.54 Å². The molecule has 0 atom stereocenters. The van der Waals surface area contributed by atoms with Crippen molar-refractivity contribution >= 4 is 5.97 Å². The second kappa shape index (κ2) is 4.45. The zero-order valence-electron chi connectivity index (χ0n) is 9.97. The van der Waals surface area contributed by atoms with E-state index in [9.17, 15) is 9.90 Å². The summed E-state index contributed by atoms with van der Waals surface area (Å²) in [7, 11) is 0. The van der Waals surface area contributed by atoms with Gasteiger partial charge in [0, 0.05) is 18.3 Å². The third-order valence-corrected chi connectivity index (χ3v) is 2.84. The SMILES string of the molecule is CCn1ccc(-c2cccc(C)c2)c1C(=O)O. The average molecular weight is 229 g/mol. The molecule has 0 saturated heterocycles. The summed E-state index contributed by atoms with van der Waals surface area (Å²) in [6.07, 6.45) is 1.82. The Bertz CT molecular complexity index is 555. The number of aromatic nitrogens is 1. The van der Waals surface area contributed by atoms with Crippen molar-refractivity contribution in [3.05, 3.63) is 47.8 Å². The van der Waals surface area contributed by atoms with Crippen LogP contribution in [0.25, 0.3) is 11.1 Å². The molecule has 3 nitrogen and oxygen atoms in total. The first kappa shape index (κ1) is 11.5. The van der Waals surface area contributed by atoms with Gasteiger partial charge in [0.05, 0.1) is 0 Å². The van der Waals surface area contributed by atoms with E-state index in [-0.39, 0.29) is 0 Å². The fraction of sp³-hybridized carbons (Fsp3) is 0.214. The van der Waals surface area contributed by atoms with Crippen LogP contribution in [0.15, 0.2) is 36.5 Å². The summed E-state index contributed by atoms with van der Waals surface area (Å²) in [6.45, 7) is 4.60. The van der Waals surface area contributed by atoms with Gasteiger partial charge in [-0.1, -0.05) is 29.8 Å². The van der Waals surface area contributed by atoms with Crippen molar-refractivity contribution in [2.75, 3.05) is 0 Å². The molecule has 3 heteroatoms. The summed E-state index contributed by atoms with van der Waals surface area (Å²) in [5, 5.41) is 9.28. The minimum absolute atomic E-state index is 0.359. The predicted octanol–water partition coefficient (Wildman–Crippen LogP) is 3.18. The number of rotatable bonds is 3. The lowest BCUT2D eigenvalue weighted by Gasteiger charge is -2.06. The molecule has 2 rings (SSSR count). The van der Waals surface area contributed by atoms with E-state index in [2.05, 4.69) is 0 Å². The molecule has 1 N–H and O–H groups in total. The standard InChI is InChI=1S/C14H15NO2/c1-3-15-8-7-12(13(15)14(16)17)11-6-4-5-10(2)9-11/h4-9H,3H2,1-2H3,(H,16,17). The van der Waals surface area contributed by atoms with Crippen LogP contribution in [-0.4, -0.2) is 15.6 Å². The monoisotopic (exact) mass is 229 g/mol. The van der Waals surface area contributed by atoms with Crippen molar-refractivity contribution in [3.63, 3.8) is 0 Å². The summed E-state index contributed by atoms with van der Waals surface area (Å²) in [5.41, 5.74) is 3.22. The highest BCUT2D eigenvalue weighted by Crippen LogP contribution is 2.25. The molecule has 1 heterocycles. The topological polar surface area (TPSA) is 42.2 Å². The van der Waals surface area contributed by atoms with Gasteiger partial charge in [0.25, 0.3) is 0 Å². The molecular formula is C14H15NO2. The van der Waals surface area contributed by atoms with Gasteiger partial charge in [-0.25, -0.2) is 4.79 Å². The number of carboxylic acid groups (broad SMARTS) is 1. The van der Waals surface area contributed by atoms with Gasteiger partial charge in [-0.3, -0.25) is 0 Å². The number of nitrogens with zero attached hydrogens (tertiary/aromatic N) is 1. The molecule has 0 radical (unpaired) electrons. The van der Waals surface area contributed by atoms with Crippen molar-refractivity contribution in [1.29, 1.82) is 0 Å². The molecule has 0 spiro atoms. The maximum Gasteiger partial charge on any atom is 0.353 e. The van der Waals surface area contributed by atoms with Crippen molar-refractivity contribution in [2.45, 2.75) is 20.4 Å². The Hall–Kier alpha value is -2.03. The Balaban J connectivity index is 2.60. The number of benzene rings is 1. The molecule has 1 aromatic heterocycles. The lowest BCUT2D eigenvalue weighted by Crippen LogP contribution is -2.07. The lowest BCUT2D eigenvalue weighted by molar-refractivity contribution is 0.0686. The number of carboxylic acids is 1. The van der Waals surface area contributed by atoms with Gasteiger partial charge in [0.1, 0.15) is 5.69 Å². The molecule has 88 valence electrons. The molecule has 0 bridgehead atoms. The zero-order chi connectivity index (χ0) is 12.4. The van der Waals surface area contributed by atoms with E-state index < -0.39 is 5.97 Å². The van der Waals surface area contributed by atoms with Gasteiger partial charge >= 0.3 is 5.97 Å². The third-order valence-electron chi connectivity index (χ3n) is 2.84. The van der Waals surface area contributed by atoms with Gasteiger partial charge in [-0.05, 0) is 25.5 Å². The van der Waals surface area contributed by atoms with Crippen molar-refractivity contribution in [1.82, 2.24) is 4.57 Å². The zero-order valence-corrected chi connectivity index (χ0v) is 9.97. The second-order valence-electron chi connectivity index (χ2n) is 4.04. The molecule has 0 saturated carbocycles. The molecular weight excluding hydrogens is 214 g/mol. The highest BCUT2D eigenvalue weighted by Gasteiger charge is 2.16. The Morgan fingerprint density at radius 2 is 2.12 bits per heavy atom. The van der Waals surface area contributed by atoms with Crippen molar-refractivity contribution in [3.8, 4) is 11.1 Å². The molecule has 17 heavy (non-hydrogen) atoms. The van der Waals surface area contributed by atoms with E-state index in [0.717, 1.165) is 16.7 Å². The number of hydrogen-bond donors (Lipinski definition) is 1. The lowest BCUT2D eigenvalue weighted by atomic mass is 10.0. The van der Waals surface area contributed by atoms with Gasteiger partial charge in [0.2, 0.25) is 0 Å². The Labute approximate surface area is 100 Å². The number of aryl methyl sites for hydroxylation is 2. The second-order valence-corrected chi connectivity index (χ2v) is 4.04. The van der Waals surface area contributed by atoms with E-state index in [4.69, 9.17) is 0 Å². The third kappa shape index (κ3) is 2.09. The molecule has 0 aliphatic rings. The van der Waals surface area contributed by atoms with Crippen LogP contribution in [0.3, 0.4) is 0 Å². The minimum atomic E-state index is -0.881. The average Bonchev–Trinajstić information content (AvgIpc) is 2.72. The fourth-order valence-electron chi connectivity index (χ4n) is 2.02. The van der Waals surface area contributed by atoms with Gasteiger partial charge in [-0.15, -0.1) is 0 Å². The molecule has 0 unspecified atom stereocenters. The van der Waals surface area contributed by atoms with E-state index in [1.54, 1.807) is 4.57 Å². The predicted molar refractivity (Wildman–Crippen MR) is 67.2 cm³/mol. The number of hydrogen-bond acceptors (Lipinski definition) is 1. The fourth-order valence-corrected chi connectivity index (χ4v) is 2.02. The Morgan fingerprint density at radius 1 is 1.35 bits per heavy atom. The van der Waals surface area contributed by atoms with Crippen LogP contribution in [0.2, 0.25) is 0 Å². The van der Waals surface area contributed by atoms with Gasteiger partial charge in [0.15, 0.2) is 0 Å². The first-order valence-corrected chi connectivity index (χ1v) is 5.63. The van der Waals surface area contributed by atoms with Gasteiger partial charge < -0.3 is 9.67 Å². The van der Waals surface area contributed by atoms with E-state index in [1.807, 2.05) is 50.4 Å². The van der Waals surface area contributed by atoms with Crippen molar-refractivity contribution < 1.29 is 9.90 Å². The van der Waals surface area contributed by atoms with Crippen molar-refractivity contribution in [2.24, 2.45) is 0 Å². The van der Waals surface area contributed by atoms with Crippen LogP contribution in [0, 0.1) is 6.92 Å². The highest BCUT2D eigenvalue weighted by atomic mass is 16.4. The quantitative estimate of drug-likeness (QED) is 0.878. The number of aromatic carboxylic acids is 1. The molecule has 1 aromatic carbocycles. The van der Waals surface area contributed by atoms with Crippen LogP contribution in [0.1, 0.15) is 23.0 Å². The van der Waals surface area contributed by atoms with Crippen LogP contribution in [0.5, 0.6) is 0 Å². The van der Waals surface area contributed by atoms with Crippen LogP contribution >= 0.6 is 0 Å². The first-order chi connectivity index (χ1) is 8.13. The summed E-state index contributed by atoms with van der Waals surface area (Å²) in [6, 6.07) is 9.75. The summed E-state index contributed by atoms with van der Waals surface area (Å²) in [4.78, 5) is 11.3. The Morgan fingerprint density at radius 3 is 2.71 bits per heavy atom. The molecule has 0 aliphatic heterocycles. The summed E-state index contributed by atoms with van der Waals surface area (Å²) >= 11 is 0. The van der Waals surface area contributed by atoms with Crippen LogP contribution in [0.4, 0.5) is 0 Å². The van der Waals surface area contributed by atoms with E-state index in [0.29, 0.717) is 12.2 Å². The van der Waals surface area contributed by atoms with E-state index >= 15 is 0 Å². The maximum atomic E-state index is 11.3. The Kier molecular flexibility index (Phi) is 3.00. The van der Waals surface area contributed by atoms with E-state index in [1.165, 1.54) is 0 Å². The molecule has 0 amide bonds. The summed E-state index contributed by atoms with van der Waals surface area (Å²) in [5.74, 6) is -0.881. The molecule has 2 aromatic rings. The highest BCUT2D eigenvalue weighted by molar-refractivity contribution is 5.94. The molecule has 0 fully saturated rings. The smallest absolute Gasteiger partial charge is 0.353 e. The normalized spacial score (nSPS) is 10.5. The largest absolute Gasteiger partial charge is 0.477 e.